The van der Waals surface area contributed by atoms with Crippen molar-refractivity contribution in [3.05, 3.63) is 69.3 Å². The van der Waals surface area contributed by atoms with Gasteiger partial charge in [-0.05, 0) is 87.6 Å². The molecule has 0 aliphatic heterocycles. The summed E-state index contributed by atoms with van der Waals surface area (Å²) in [5, 5.41) is 5.49. The van der Waals surface area contributed by atoms with Crippen molar-refractivity contribution in [1.29, 1.82) is 0 Å². The third-order valence-corrected chi connectivity index (χ3v) is 5.18. The maximum atomic E-state index is 12.6. The van der Waals surface area contributed by atoms with Gasteiger partial charge in [-0.2, -0.15) is 0 Å². The number of benzene rings is 2. The van der Waals surface area contributed by atoms with Crippen molar-refractivity contribution in [2.24, 2.45) is 0 Å². The quantitative estimate of drug-likeness (QED) is 0.530. The Bertz CT molecular complexity index is 947. The van der Waals surface area contributed by atoms with Gasteiger partial charge in [0, 0.05) is 18.2 Å². The number of urea groups is 1. The Morgan fingerprint density at radius 2 is 1.57 bits per heavy atom. The van der Waals surface area contributed by atoms with Crippen LogP contribution in [0.3, 0.4) is 0 Å². The van der Waals surface area contributed by atoms with E-state index in [4.69, 9.17) is 4.74 Å². The van der Waals surface area contributed by atoms with E-state index in [1.54, 1.807) is 24.3 Å². The number of ether oxygens (including phenoxy) is 1. The number of carbonyl (C=O) groups excluding carboxylic acids is 3. The van der Waals surface area contributed by atoms with Crippen LogP contribution in [0.5, 0.6) is 0 Å². The van der Waals surface area contributed by atoms with Gasteiger partial charge in [-0.3, -0.25) is 4.79 Å². The lowest BCUT2D eigenvalue weighted by atomic mass is 9.93. The smallest absolute Gasteiger partial charge is 0.338 e. The Morgan fingerprint density at radius 1 is 0.933 bits per heavy atom. The van der Waals surface area contributed by atoms with Gasteiger partial charge in [-0.15, -0.1) is 0 Å². The molecule has 0 saturated heterocycles. The monoisotopic (exact) mass is 410 g/mol. The van der Waals surface area contributed by atoms with Crippen molar-refractivity contribution in [2.45, 2.75) is 54.1 Å². The van der Waals surface area contributed by atoms with E-state index in [1.165, 1.54) is 0 Å². The Balaban J connectivity index is 1.94. The normalized spacial score (nSPS) is 10.6. The topological polar surface area (TPSA) is 84.5 Å². The van der Waals surface area contributed by atoms with E-state index in [-0.39, 0.29) is 24.5 Å². The van der Waals surface area contributed by atoms with Gasteiger partial charge in [0.25, 0.3) is 0 Å². The zero-order chi connectivity index (χ0) is 22.4. The molecule has 160 valence electrons. The van der Waals surface area contributed by atoms with Crippen LogP contribution in [0, 0.1) is 27.7 Å². The molecule has 0 unspecified atom stereocenters. The van der Waals surface area contributed by atoms with Gasteiger partial charge < -0.3 is 15.4 Å². The molecule has 6 heteroatoms. The van der Waals surface area contributed by atoms with Crippen LogP contribution in [0.4, 0.5) is 4.79 Å². The predicted octanol–water partition coefficient (Wildman–Crippen LogP) is 4.17. The molecule has 0 bridgehead atoms. The molecule has 0 atom stereocenters. The number of amides is 2. The Hall–Kier alpha value is -3.15. The summed E-state index contributed by atoms with van der Waals surface area (Å²) in [7, 11) is 0. The Labute approximate surface area is 178 Å². The minimum atomic E-state index is -0.557. The summed E-state index contributed by atoms with van der Waals surface area (Å²) in [6.07, 6.45) is 0. The first-order chi connectivity index (χ1) is 14.1. The van der Waals surface area contributed by atoms with E-state index < -0.39 is 5.97 Å². The average molecular weight is 411 g/mol. The molecule has 6 nitrogen and oxygen atoms in total. The largest absolute Gasteiger partial charge is 0.454 e. The van der Waals surface area contributed by atoms with Crippen molar-refractivity contribution in [1.82, 2.24) is 10.6 Å². The lowest BCUT2D eigenvalue weighted by Crippen LogP contribution is -2.39. The van der Waals surface area contributed by atoms with Gasteiger partial charge in [0.05, 0.1) is 5.56 Å². The van der Waals surface area contributed by atoms with E-state index in [0.717, 1.165) is 27.8 Å². The van der Waals surface area contributed by atoms with Crippen LogP contribution in [0.25, 0.3) is 0 Å². The van der Waals surface area contributed by atoms with Crippen LogP contribution in [-0.4, -0.2) is 30.4 Å². The second-order valence-corrected chi connectivity index (χ2v) is 7.79. The molecule has 2 amide bonds. The maximum Gasteiger partial charge on any atom is 0.338 e. The second-order valence-electron chi connectivity index (χ2n) is 7.79. The first kappa shape index (κ1) is 23.1. The third kappa shape index (κ3) is 5.92. The lowest BCUT2D eigenvalue weighted by Gasteiger charge is -2.13. The summed E-state index contributed by atoms with van der Waals surface area (Å²) in [4.78, 5) is 36.5. The van der Waals surface area contributed by atoms with Crippen LogP contribution in [0.1, 0.15) is 62.4 Å². The Morgan fingerprint density at radius 3 is 2.17 bits per heavy atom. The molecular formula is C24H30N2O4. The first-order valence-electron chi connectivity index (χ1n) is 10.0. The molecule has 2 aromatic carbocycles. The molecule has 0 heterocycles. The number of hydrogen-bond acceptors (Lipinski definition) is 4. The summed E-state index contributed by atoms with van der Waals surface area (Å²) < 4.78 is 5.22. The fraction of sp³-hybridized carbons (Fsp3) is 0.375. The van der Waals surface area contributed by atoms with Crippen molar-refractivity contribution in [3.63, 3.8) is 0 Å². The van der Waals surface area contributed by atoms with Gasteiger partial charge >= 0.3 is 12.0 Å². The number of nitrogens with one attached hydrogen (secondary N) is 2. The molecular weight excluding hydrogens is 380 g/mol. The zero-order valence-corrected chi connectivity index (χ0v) is 18.5. The van der Waals surface area contributed by atoms with Crippen molar-refractivity contribution in [3.8, 4) is 0 Å². The van der Waals surface area contributed by atoms with Crippen molar-refractivity contribution >= 4 is 17.8 Å². The van der Waals surface area contributed by atoms with Gasteiger partial charge in [0.1, 0.15) is 0 Å². The number of rotatable bonds is 7. The van der Waals surface area contributed by atoms with Gasteiger partial charge in [0.15, 0.2) is 6.61 Å². The van der Waals surface area contributed by atoms with E-state index in [2.05, 4.69) is 10.6 Å². The zero-order valence-electron chi connectivity index (χ0n) is 18.5. The lowest BCUT2D eigenvalue weighted by molar-refractivity contribution is 0.0474. The minimum Gasteiger partial charge on any atom is -0.454 e. The summed E-state index contributed by atoms with van der Waals surface area (Å²) in [6.45, 7) is 11.7. The number of hydrogen-bond donors (Lipinski definition) is 2. The SMILES string of the molecule is Cc1cc(C(=O)COC(=O)c2ccc(CNC(=O)NC(C)C)cc2)c(C)c(C)c1C. The van der Waals surface area contributed by atoms with Crippen molar-refractivity contribution in [2.75, 3.05) is 6.61 Å². The Kier molecular flexibility index (Phi) is 7.75. The first-order valence-corrected chi connectivity index (χ1v) is 10.0. The highest BCUT2D eigenvalue weighted by Gasteiger charge is 2.16. The van der Waals surface area contributed by atoms with Gasteiger partial charge in [-0.25, -0.2) is 9.59 Å². The molecule has 0 aliphatic rings. The van der Waals surface area contributed by atoms with Crippen LogP contribution >= 0.6 is 0 Å². The average Bonchev–Trinajstić information content (AvgIpc) is 2.71. The highest BCUT2D eigenvalue weighted by atomic mass is 16.5. The summed E-state index contributed by atoms with van der Waals surface area (Å²) in [6, 6.07) is 8.39. The molecule has 0 spiro atoms. The molecule has 2 N–H and O–H groups in total. The molecule has 0 aliphatic carbocycles. The summed E-state index contributed by atoms with van der Waals surface area (Å²) in [5.74, 6) is -0.775. The molecule has 2 rings (SSSR count). The molecule has 0 fully saturated rings. The number of esters is 1. The van der Waals surface area contributed by atoms with Crippen LogP contribution in [0.15, 0.2) is 30.3 Å². The van der Waals surface area contributed by atoms with E-state index >= 15 is 0 Å². The molecule has 2 aromatic rings. The summed E-state index contributed by atoms with van der Waals surface area (Å²) in [5.41, 5.74) is 5.99. The fourth-order valence-corrected chi connectivity index (χ4v) is 3.05. The number of Topliss-reactive ketones (excluding diaryl/α,β-unsaturated/α-hetero) is 1. The minimum absolute atomic E-state index is 0.0568. The highest BCUT2D eigenvalue weighted by molar-refractivity contribution is 6.01. The number of aryl methyl sites for hydroxylation is 1. The highest BCUT2D eigenvalue weighted by Crippen LogP contribution is 2.21. The van der Waals surface area contributed by atoms with Crippen LogP contribution in [0.2, 0.25) is 0 Å². The molecule has 0 radical (unpaired) electrons. The van der Waals surface area contributed by atoms with Gasteiger partial charge in [-0.1, -0.05) is 12.1 Å². The number of carbonyl (C=O) groups is 3. The molecule has 0 saturated carbocycles. The van der Waals surface area contributed by atoms with E-state index in [1.807, 2.05) is 47.6 Å². The number of ketones is 1. The second kappa shape index (κ2) is 10.1. The maximum absolute atomic E-state index is 12.6. The van der Waals surface area contributed by atoms with Crippen LogP contribution in [-0.2, 0) is 11.3 Å². The summed E-state index contributed by atoms with van der Waals surface area (Å²) >= 11 is 0. The van der Waals surface area contributed by atoms with E-state index in [9.17, 15) is 14.4 Å². The van der Waals surface area contributed by atoms with Crippen molar-refractivity contribution < 1.29 is 19.1 Å². The van der Waals surface area contributed by atoms with Gasteiger partial charge in [0.2, 0.25) is 5.78 Å². The standard InChI is InChI=1S/C24H30N2O4/c1-14(2)26-24(29)25-12-19-7-9-20(10-8-19)23(28)30-13-22(27)21-11-15(3)16(4)17(5)18(21)6/h7-11,14H,12-13H2,1-6H3,(H2,25,26,29). The predicted molar refractivity (Wildman–Crippen MR) is 117 cm³/mol. The third-order valence-electron chi connectivity index (χ3n) is 5.18. The molecule has 30 heavy (non-hydrogen) atoms. The molecule has 0 aromatic heterocycles. The fourth-order valence-electron chi connectivity index (χ4n) is 3.05. The van der Waals surface area contributed by atoms with E-state index in [0.29, 0.717) is 17.7 Å². The van der Waals surface area contributed by atoms with Crippen LogP contribution < -0.4 is 10.6 Å².